The molecule has 0 saturated heterocycles. The van der Waals surface area contributed by atoms with Gasteiger partial charge in [-0.15, -0.1) is 0 Å². The van der Waals surface area contributed by atoms with Crippen LogP contribution in [0.1, 0.15) is 18.5 Å². The minimum Gasteiger partial charge on any atom is -0.497 e. The SMILES string of the molecule is COc1ccc(OC)c(C(C)NC(=O)C2=COCCO2)c1. The first-order chi connectivity index (χ1) is 10.2. The Morgan fingerprint density at radius 3 is 2.71 bits per heavy atom. The number of nitrogens with one attached hydrogen (secondary N) is 1. The summed E-state index contributed by atoms with van der Waals surface area (Å²) in [5.74, 6) is 1.23. The predicted molar refractivity (Wildman–Crippen MR) is 76.1 cm³/mol. The van der Waals surface area contributed by atoms with Gasteiger partial charge in [-0.25, -0.2) is 0 Å². The Morgan fingerprint density at radius 1 is 1.29 bits per heavy atom. The molecule has 1 heterocycles. The quantitative estimate of drug-likeness (QED) is 0.896. The number of carbonyl (C=O) groups excluding carboxylic acids is 1. The molecule has 1 N–H and O–H groups in total. The molecule has 0 aliphatic carbocycles. The number of hydrogen-bond acceptors (Lipinski definition) is 5. The minimum atomic E-state index is -0.327. The van der Waals surface area contributed by atoms with Crippen LogP contribution in [0.15, 0.2) is 30.2 Å². The van der Waals surface area contributed by atoms with Crippen molar-refractivity contribution in [2.24, 2.45) is 0 Å². The summed E-state index contributed by atoms with van der Waals surface area (Å²) in [6.45, 7) is 2.69. The van der Waals surface area contributed by atoms with Crippen molar-refractivity contribution >= 4 is 5.91 Å². The van der Waals surface area contributed by atoms with Gasteiger partial charge >= 0.3 is 0 Å². The molecule has 1 aromatic carbocycles. The topological polar surface area (TPSA) is 66.0 Å². The molecular weight excluding hydrogens is 274 g/mol. The molecule has 1 aromatic rings. The van der Waals surface area contributed by atoms with Gasteiger partial charge in [0.1, 0.15) is 31.0 Å². The van der Waals surface area contributed by atoms with Crippen molar-refractivity contribution in [3.63, 3.8) is 0 Å². The van der Waals surface area contributed by atoms with Crippen LogP contribution in [0, 0.1) is 0 Å². The monoisotopic (exact) mass is 293 g/mol. The summed E-state index contributed by atoms with van der Waals surface area (Å²) in [4.78, 5) is 12.1. The van der Waals surface area contributed by atoms with Crippen molar-refractivity contribution < 1.29 is 23.7 Å². The number of carbonyl (C=O) groups is 1. The second-order valence-corrected chi connectivity index (χ2v) is 4.50. The van der Waals surface area contributed by atoms with Gasteiger partial charge in [0, 0.05) is 5.56 Å². The van der Waals surface area contributed by atoms with Crippen LogP contribution in [-0.2, 0) is 14.3 Å². The van der Waals surface area contributed by atoms with E-state index in [2.05, 4.69) is 5.32 Å². The van der Waals surface area contributed by atoms with Gasteiger partial charge in [-0.3, -0.25) is 4.79 Å². The molecule has 0 aromatic heterocycles. The van der Waals surface area contributed by atoms with Crippen molar-refractivity contribution in [1.29, 1.82) is 0 Å². The number of methoxy groups -OCH3 is 2. The molecule has 114 valence electrons. The average Bonchev–Trinajstić information content (AvgIpc) is 2.54. The standard InChI is InChI=1S/C15H19NO5/c1-10(16-15(17)14-9-20-6-7-21-14)12-8-11(18-2)4-5-13(12)19-3/h4-5,8-10H,6-7H2,1-3H3,(H,16,17). The molecule has 1 amide bonds. The summed E-state index contributed by atoms with van der Waals surface area (Å²) in [6, 6.07) is 5.17. The molecule has 1 aliphatic rings. The Kier molecular flexibility index (Phi) is 4.92. The molecule has 1 aliphatic heterocycles. The second kappa shape index (κ2) is 6.88. The van der Waals surface area contributed by atoms with Crippen molar-refractivity contribution in [2.45, 2.75) is 13.0 Å². The Bertz CT molecular complexity index is 541. The first kappa shape index (κ1) is 15.0. The van der Waals surface area contributed by atoms with E-state index in [1.165, 1.54) is 6.26 Å². The van der Waals surface area contributed by atoms with Crippen LogP contribution in [0.4, 0.5) is 0 Å². The van der Waals surface area contributed by atoms with Crippen LogP contribution in [0.2, 0.25) is 0 Å². The lowest BCUT2D eigenvalue weighted by atomic mass is 10.1. The maximum Gasteiger partial charge on any atom is 0.290 e. The highest BCUT2D eigenvalue weighted by Crippen LogP contribution is 2.29. The Morgan fingerprint density at radius 2 is 2.10 bits per heavy atom. The van der Waals surface area contributed by atoms with Crippen LogP contribution in [-0.4, -0.2) is 33.3 Å². The zero-order chi connectivity index (χ0) is 15.2. The smallest absolute Gasteiger partial charge is 0.290 e. The summed E-state index contributed by atoms with van der Waals surface area (Å²) in [5.41, 5.74) is 0.822. The molecule has 0 fully saturated rings. The van der Waals surface area contributed by atoms with E-state index < -0.39 is 0 Å². The maximum atomic E-state index is 12.1. The van der Waals surface area contributed by atoms with Gasteiger partial charge in [-0.05, 0) is 25.1 Å². The molecule has 1 unspecified atom stereocenters. The zero-order valence-electron chi connectivity index (χ0n) is 12.3. The summed E-state index contributed by atoms with van der Waals surface area (Å²) in [6.07, 6.45) is 1.33. The Labute approximate surface area is 123 Å². The molecule has 21 heavy (non-hydrogen) atoms. The van der Waals surface area contributed by atoms with Crippen molar-refractivity contribution in [3.8, 4) is 11.5 Å². The second-order valence-electron chi connectivity index (χ2n) is 4.50. The fourth-order valence-corrected chi connectivity index (χ4v) is 2.01. The number of benzene rings is 1. The van der Waals surface area contributed by atoms with Crippen LogP contribution in [0.25, 0.3) is 0 Å². The highest BCUT2D eigenvalue weighted by atomic mass is 16.6. The van der Waals surface area contributed by atoms with Crippen LogP contribution >= 0.6 is 0 Å². The van der Waals surface area contributed by atoms with E-state index in [0.29, 0.717) is 24.7 Å². The third-order valence-electron chi connectivity index (χ3n) is 3.12. The van der Waals surface area contributed by atoms with Crippen molar-refractivity contribution in [3.05, 3.63) is 35.8 Å². The third-order valence-corrected chi connectivity index (χ3v) is 3.12. The lowest BCUT2D eigenvalue weighted by Gasteiger charge is -2.20. The normalized spacial score (nSPS) is 15.1. The maximum absolute atomic E-state index is 12.1. The lowest BCUT2D eigenvalue weighted by Crippen LogP contribution is -2.30. The Balaban J connectivity index is 2.13. The highest BCUT2D eigenvalue weighted by molar-refractivity contribution is 5.91. The average molecular weight is 293 g/mol. The van der Waals surface area contributed by atoms with E-state index in [-0.39, 0.29) is 17.7 Å². The van der Waals surface area contributed by atoms with E-state index >= 15 is 0 Å². The van der Waals surface area contributed by atoms with Gasteiger partial charge in [0.25, 0.3) is 5.91 Å². The minimum absolute atomic E-state index is 0.176. The van der Waals surface area contributed by atoms with Gasteiger partial charge in [0.15, 0.2) is 0 Å². The number of amides is 1. The summed E-state index contributed by atoms with van der Waals surface area (Å²) < 4.78 is 20.8. The highest BCUT2D eigenvalue weighted by Gasteiger charge is 2.20. The predicted octanol–water partition coefficient (Wildman–Crippen LogP) is 1.77. The van der Waals surface area contributed by atoms with Gasteiger partial charge in [-0.2, -0.15) is 0 Å². The number of rotatable bonds is 5. The molecule has 6 heteroatoms. The van der Waals surface area contributed by atoms with Crippen LogP contribution < -0.4 is 14.8 Å². The molecule has 1 atom stereocenters. The van der Waals surface area contributed by atoms with Crippen molar-refractivity contribution in [1.82, 2.24) is 5.32 Å². The number of ether oxygens (including phenoxy) is 4. The molecular formula is C15H19NO5. The number of hydrogen-bond donors (Lipinski definition) is 1. The first-order valence-electron chi connectivity index (χ1n) is 6.63. The largest absolute Gasteiger partial charge is 0.497 e. The fraction of sp³-hybridized carbons (Fsp3) is 0.400. The van der Waals surface area contributed by atoms with E-state index in [4.69, 9.17) is 18.9 Å². The van der Waals surface area contributed by atoms with E-state index in [1.54, 1.807) is 26.4 Å². The van der Waals surface area contributed by atoms with Crippen LogP contribution in [0.3, 0.4) is 0 Å². The fourth-order valence-electron chi connectivity index (χ4n) is 2.01. The van der Waals surface area contributed by atoms with Crippen molar-refractivity contribution in [2.75, 3.05) is 27.4 Å². The van der Waals surface area contributed by atoms with E-state index in [9.17, 15) is 4.79 Å². The first-order valence-corrected chi connectivity index (χ1v) is 6.63. The molecule has 0 radical (unpaired) electrons. The summed E-state index contributed by atoms with van der Waals surface area (Å²) >= 11 is 0. The molecule has 0 bridgehead atoms. The summed E-state index contributed by atoms with van der Waals surface area (Å²) in [7, 11) is 3.17. The zero-order valence-corrected chi connectivity index (χ0v) is 12.3. The Hall–Kier alpha value is -2.37. The van der Waals surface area contributed by atoms with Gasteiger partial charge in [-0.1, -0.05) is 0 Å². The van der Waals surface area contributed by atoms with Gasteiger partial charge < -0.3 is 24.3 Å². The van der Waals surface area contributed by atoms with Gasteiger partial charge in [0.05, 0.1) is 20.3 Å². The molecule has 6 nitrogen and oxygen atoms in total. The van der Waals surface area contributed by atoms with Crippen LogP contribution in [0.5, 0.6) is 11.5 Å². The summed E-state index contributed by atoms with van der Waals surface area (Å²) in [5, 5.41) is 2.84. The van der Waals surface area contributed by atoms with Gasteiger partial charge in [0.2, 0.25) is 5.76 Å². The molecule has 2 rings (SSSR count). The molecule has 0 saturated carbocycles. The van der Waals surface area contributed by atoms with E-state index in [0.717, 1.165) is 5.56 Å². The van der Waals surface area contributed by atoms with E-state index in [1.807, 2.05) is 13.0 Å². The lowest BCUT2D eigenvalue weighted by molar-refractivity contribution is -0.122. The third kappa shape index (κ3) is 3.59. The molecule has 0 spiro atoms.